The van der Waals surface area contributed by atoms with Gasteiger partial charge in [-0.15, -0.1) is 6.58 Å². The van der Waals surface area contributed by atoms with E-state index in [1.165, 1.54) is 0 Å². The summed E-state index contributed by atoms with van der Waals surface area (Å²) in [6.07, 6.45) is 2.17. The van der Waals surface area contributed by atoms with Crippen molar-refractivity contribution in [3.63, 3.8) is 0 Å². The molecule has 1 unspecified atom stereocenters. The maximum absolute atomic E-state index is 12.2. The lowest BCUT2D eigenvalue weighted by molar-refractivity contribution is 0.0594. The maximum atomic E-state index is 12.2. The van der Waals surface area contributed by atoms with E-state index in [-0.39, 0.29) is 12.1 Å². The normalized spacial score (nSPS) is 16.3. The Morgan fingerprint density at radius 1 is 1.48 bits per heavy atom. The summed E-state index contributed by atoms with van der Waals surface area (Å²) in [5.41, 5.74) is 1.76. The van der Waals surface area contributed by atoms with Crippen molar-refractivity contribution in [2.75, 3.05) is 34.3 Å². The molecule has 6 nitrogen and oxygen atoms in total. The highest BCUT2D eigenvalue weighted by atomic mass is 16.6. The molecule has 6 heteroatoms. The van der Waals surface area contributed by atoms with Gasteiger partial charge in [0.25, 0.3) is 0 Å². The highest BCUT2D eigenvalue weighted by molar-refractivity contribution is 6.03. The molecule has 1 aliphatic heterocycles. The van der Waals surface area contributed by atoms with Gasteiger partial charge in [-0.3, -0.25) is 0 Å². The number of carbonyl (C=O) groups excluding carboxylic acids is 1. The predicted octanol–water partition coefficient (Wildman–Crippen LogP) is 2.36. The molecule has 0 fully saturated rings. The maximum Gasteiger partial charge on any atom is 0.319 e. The highest BCUT2D eigenvalue weighted by Crippen LogP contribution is 2.24. The van der Waals surface area contributed by atoms with Crippen LogP contribution < -0.4 is 4.74 Å². The van der Waals surface area contributed by atoms with Gasteiger partial charge in [0.15, 0.2) is 6.10 Å². The Morgan fingerprint density at radius 3 is 2.87 bits per heavy atom. The van der Waals surface area contributed by atoms with Crippen LogP contribution in [0.25, 0.3) is 0 Å². The molecule has 2 rings (SSSR count). The summed E-state index contributed by atoms with van der Waals surface area (Å²) in [4.78, 5) is 20.9. The van der Waals surface area contributed by atoms with Crippen LogP contribution in [0.3, 0.4) is 0 Å². The van der Waals surface area contributed by atoms with Crippen LogP contribution in [-0.2, 0) is 4.84 Å². The number of methoxy groups -OCH3 is 1. The van der Waals surface area contributed by atoms with Crippen molar-refractivity contribution in [1.82, 2.24) is 9.80 Å². The lowest BCUT2D eigenvalue weighted by atomic mass is 10.0. The number of oxime groups is 1. The summed E-state index contributed by atoms with van der Waals surface area (Å²) < 4.78 is 5.36. The fraction of sp³-hybridized carbons (Fsp3) is 0.412. The smallest absolute Gasteiger partial charge is 0.319 e. The van der Waals surface area contributed by atoms with E-state index in [9.17, 15) is 4.79 Å². The van der Waals surface area contributed by atoms with E-state index in [2.05, 4.69) is 11.7 Å². The van der Waals surface area contributed by atoms with Gasteiger partial charge in [0, 0.05) is 32.6 Å². The molecule has 2 amide bonds. The van der Waals surface area contributed by atoms with E-state index in [4.69, 9.17) is 9.57 Å². The minimum absolute atomic E-state index is 0.0701. The van der Waals surface area contributed by atoms with Crippen molar-refractivity contribution in [3.05, 3.63) is 42.5 Å². The van der Waals surface area contributed by atoms with Crippen molar-refractivity contribution in [2.24, 2.45) is 5.16 Å². The second kappa shape index (κ2) is 7.67. The van der Waals surface area contributed by atoms with Crippen LogP contribution >= 0.6 is 0 Å². The molecule has 1 aromatic carbocycles. The average Bonchev–Trinajstić information content (AvgIpc) is 3.02. The zero-order chi connectivity index (χ0) is 16.8. The molecule has 0 N–H and O–H groups in total. The molecule has 1 heterocycles. The summed E-state index contributed by atoms with van der Waals surface area (Å²) in [7, 11) is 5.09. The Bertz CT molecular complexity index is 599. The Kier molecular flexibility index (Phi) is 5.62. The van der Waals surface area contributed by atoms with E-state index in [1.54, 1.807) is 37.1 Å². The SMILES string of the molecule is C=CCN(CC1CC(c2ccccc2OC)=NO1)C(=O)N(C)C. The highest BCUT2D eigenvalue weighted by Gasteiger charge is 2.28. The molecule has 23 heavy (non-hydrogen) atoms. The second-order valence-corrected chi connectivity index (χ2v) is 5.54. The number of ether oxygens (including phenoxy) is 1. The summed E-state index contributed by atoms with van der Waals surface area (Å²) in [5, 5.41) is 4.17. The first kappa shape index (κ1) is 16.9. The number of hydrogen-bond acceptors (Lipinski definition) is 4. The number of nitrogens with zero attached hydrogens (tertiary/aromatic N) is 3. The third-order valence-corrected chi connectivity index (χ3v) is 3.58. The number of benzene rings is 1. The molecule has 124 valence electrons. The van der Waals surface area contributed by atoms with Crippen LogP contribution in [0.1, 0.15) is 12.0 Å². The predicted molar refractivity (Wildman–Crippen MR) is 89.9 cm³/mol. The Labute approximate surface area is 137 Å². The zero-order valence-corrected chi connectivity index (χ0v) is 13.9. The fourth-order valence-corrected chi connectivity index (χ4v) is 2.48. The number of rotatable bonds is 6. The number of amides is 2. The molecule has 0 aromatic heterocycles. The van der Waals surface area contributed by atoms with Crippen LogP contribution in [0.15, 0.2) is 42.1 Å². The minimum atomic E-state index is -0.168. The van der Waals surface area contributed by atoms with Crippen molar-refractivity contribution < 1.29 is 14.4 Å². The van der Waals surface area contributed by atoms with E-state index in [1.807, 2.05) is 24.3 Å². The molecule has 1 aromatic rings. The van der Waals surface area contributed by atoms with Gasteiger partial charge in [-0.25, -0.2) is 4.79 Å². The topological polar surface area (TPSA) is 54.4 Å². The van der Waals surface area contributed by atoms with Crippen LogP contribution in [0, 0.1) is 0 Å². The summed E-state index contributed by atoms with van der Waals surface area (Å²) >= 11 is 0. The monoisotopic (exact) mass is 317 g/mol. The minimum Gasteiger partial charge on any atom is -0.496 e. The van der Waals surface area contributed by atoms with Gasteiger partial charge in [0.1, 0.15) is 5.75 Å². The first-order chi connectivity index (χ1) is 11.1. The van der Waals surface area contributed by atoms with E-state index < -0.39 is 0 Å². The number of para-hydroxylation sites is 1. The Balaban J connectivity index is 2.03. The van der Waals surface area contributed by atoms with Gasteiger partial charge in [-0.05, 0) is 12.1 Å². The van der Waals surface area contributed by atoms with Crippen LogP contribution in [0.4, 0.5) is 4.79 Å². The van der Waals surface area contributed by atoms with Crippen molar-refractivity contribution in [1.29, 1.82) is 0 Å². The summed E-state index contributed by atoms with van der Waals surface area (Å²) in [5.74, 6) is 0.766. The Hall–Kier alpha value is -2.50. The van der Waals surface area contributed by atoms with Gasteiger partial charge in [-0.2, -0.15) is 0 Å². The van der Waals surface area contributed by atoms with Crippen LogP contribution in [0.2, 0.25) is 0 Å². The van der Waals surface area contributed by atoms with Gasteiger partial charge in [-0.1, -0.05) is 23.4 Å². The lowest BCUT2D eigenvalue weighted by Crippen LogP contribution is -2.43. The second-order valence-electron chi connectivity index (χ2n) is 5.54. The van der Waals surface area contributed by atoms with Crippen molar-refractivity contribution >= 4 is 11.7 Å². The van der Waals surface area contributed by atoms with Crippen molar-refractivity contribution in [2.45, 2.75) is 12.5 Å². The van der Waals surface area contributed by atoms with E-state index in [0.29, 0.717) is 19.5 Å². The molecule has 0 radical (unpaired) electrons. The van der Waals surface area contributed by atoms with E-state index in [0.717, 1.165) is 17.0 Å². The van der Waals surface area contributed by atoms with Gasteiger partial charge < -0.3 is 19.4 Å². The molecule has 1 atom stereocenters. The summed E-state index contributed by atoms with van der Waals surface area (Å²) in [6, 6.07) is 7.63. The quantitative estimate of drug-likeness (QED) is 0.757. The molecular formula is C17H23N3O3. The van der Waals surface area contributed by atoms with Crippen LogP contribution in [0.5, 0.6) is 5.75 Å². The molecule has 0 spiro atoms. The number of carbonyl (C=O) groups is 1. The number of urea groups is 1. The summed E-state index contributed by atoms with van der Waals surface area (Å²) in [6.45, 7) is 4.64. The molecule has 0 saturated carbocycles. The van der Waals surface area contributed by atoms with Gasteiger partial charge in [0.2, 0.25) is 0 Å². The van der Waals surface area contributed by atoms with E-state index >= 15 is 0 Å². The average molecular weight is 317 g/mol. The standard InChI is InChI=1S/C17H23N3O3/c1-5-10-20(17(21)19(2)3)12-13-11-15(18-23-13)14-8-6-7-9-16(14)22-4/h5-9,13H,1,10-12H2,2-4H3. The molecule has 0 saturated heterocycles. The molecule has 0 bridgehead atoms. The molecule has 1 aliphatic rings. The fourth-order valence-electron chi connectivity index (χ4n) is 2.48. The molecule has 0 aliphatic carbocycles. The third-order valence-electron chi connectivity index (χ3n) is 3.58. The van der Waals surface area contributed by atoms with Gasteiger partial charge in [0.05, 0.1) is 19.4 Å². The zero-order valence-electron chi connectivity index (χ0n) is 13.9. The third kappa shape index (κ3) is 4.03. The molecular weight excluding hydrogens is 294 g/mol. The largest absolute Gasteiger partial charge is 0.496 e. The first-order valence-electron chi connectivity index (χ1n) is 7.50. The first-order valence-corrected chi connectivity index (χ1v) is 7.50. The van der Waals surface area contributed by atoms with Gasteiger partial charge >= 0.3 is 6.03 Å². The Morgan fingerprint density at radius 2 is 2.22 bits per heavy atom. The lowest BCUT2D eigenvalue weighted by Gasteiger charge is -2.26. The van der Waals surface area contributed by atoms with Crippen molar-refractivity contribution in [3.8, 4) is 5.75 Å². The number of hydrogen-bond donors (Lipinski definition) is 0. The van der Waals surface area contributed by atoms with Crippen LogP contribution in [-0.4, -0.2) is 61.9 Å².